The molecule has 1 unspecified atom stereocenters. The number of aliphatic hydroxyl groups is 1. The predicted octanol–water partition coefficient (Wildman–Crippen LogP) is 1.00. The van der Waals surface area contributed by atoms with E-state index in [-0.39, 0.29) is 10.7 Å². The number of β-amino-alcohol motifs (C(OH)–C–C–N with tert-alkyl or cyclic N) is 1. The van der Waals surface area contributed by atoms with Crippen molar-refractivity contribution in [3.63, 3.8) is 0 Å². The zero-order valence-corrected chi connectivity index (χ0v) is 9.18. The van der Waals surface area contributed by atoms with Gasteiger partial charge in [0.05, 0.1) is 6.10 Å². The number of aliphatic hydroxyl groups excluding tert-OH is 1. The summed E-state index contributed by atoms with van der Waals surface area (Å²) in [5, 5.41) is 18.7. The van der Waals surface area contributed by atoms with Crippen LogP contribution in [0, 0.1) is 0 Å². The Bertz CT molecular complexity index is 425. The number of aromatic nitrogens is 1. The fourth-order valence-electron chi connectivity index (χ4n) is 1.77. The molecule has 0 bridgehead atoms. The van der Waals surface area contributed by atoms with Crippen LogP contribution in [0.2, 0.25) is 5.15 Å². The Kier molecular flexibility index (Phi) is 2.98. The van der Waals surface area contributed by atoms with E-state index in [1.165, 1.54) is 12.1 Å². The number of carbonyl (C=O) groups is 1. The van der Waals surface area contributed by atoms with Gasteiger partial charge in [-0.2, -0.15) is 0 Å². The normalized spacial score (nSPS) is 20.1. The lowest BCUT2D eigenvalue weighted by molar-refractivity contribution is 0.0697. The summed E-state index contributed by atoms with van der Waals surface area (Å²) in [7, 11) is 0. The van der Waals surface area contributed by atoms with Crippen molar-refractivity contribution >= 4 is 23.4 Å². The molecule has 1 atom stereocenters. The molecule has 2 N–H and O–H groups in total. The van der Waals surface area contributed by atoms with E-state index >= 15 is 0 Å². The maximum Gasteiger partial charge on any atom is 0.339 e. The number of rotatable bonds is 2. The number of anilines is 1. The molecule has 1 aromatic rings. The van der Waals surface area contributed by atoms with Crippen LogP contribution in [0.1, 0.15) is 16.8 Å². The summed E-state index contributed by atoms with van der Waals surface area (Å²) in [5.41, 5.74) is 0.110. The molecular formula is C10H11ClN2O3. The summed E-state index contributed by atoms with van der Waals surface area (Å²) in [4.78, 5) is 16.7. The highest BCUT2D eigenvalue weighted by molar-refractivity contribution is 6.29. The van der Waals surface area contributed by atoms with Crippen molar-refractivity contribution in [2.45, 2.75) is 12.5 Å². The lowest BCUT2D eigenvalue weighted by atomic mass is 10.2. The first-order valence-electron chi connectivity index (χ1n) is 4.91. The molecule has 0 saturated carbocycles. The van der Waals surface area contributed by atoms with E-state index in [1.807, 2.05) is 0 Å². The van der Waals surface area contributed by atoms with E-state index in [0.717, 1.165) is 0 Å². The van der Waals surface area contributed by atoms with Gasteiger partial charge in [0.1, 0.15) is 16.5 Å². The Morgan fingerprint density at radius 2 is 2.31 bits per heavy atom. The summed E-state index contributed by atoms with van der Waals surface area (Å²) < 4.78 is 0. The molecule has 6 heteroatoms. The summed E-state index contributed by atoms with van der Waals surface area (Å²) in [5.74, 6) is -0.711. The topological polar surface area (TPSA) is 73.7 Å². The van der Waals surface area contributed by atoms with Crippen molar-refractivity contribution in [2.24, 2.45) is 0 Å². The van der Waals surface area contributed by atoms with E-state index in [9.17, 15) is 9.90 Å². The fourth-order valence-corrected chi connectivity index (χ4v) is 1.91. The zero-order valence-electron chi connectivity index (χ0n) is 8.43. The fraction of sp³-hybridized carbons (Fsp3) is 0.400. The van der Waals surface area contributed by atoms with Crippen molar-refractivity contribution < 1.29 is 15.0 Å². The third kappa shape index (κ3) is 2.10. The van der Waals surface area contributed by atoms with Gasteiger partial charge >= 0.3 is 5.97 Å². The average molecular weight is 243 g/mol. The number of hydrogen-bond acceptors (Lipinski definition) is 4. The number of halogens is 1. The second-order valence-electron chi connectivity index (χ2n) is 3.70. The van der Waals surface area contributed by atoms with Gasteiger partial charge in [-0.05, 0) is 18.6 Å². The minimum atomic E-state index is -1.04. The highest BCUT2D eigenvalue weighted by Crippen LogP contribution is 2.24. The Labute approximate surface area is 97.3 Å². The Balaban J connectivity index is 2.37. The molecule has 2 rings (SSSR count). The molecule has 0 aromatic carbocycles. The van der Waals surface area contributed by atoms with Gasteiger partial charge in [0.15, 0.2) is 0 Å². The average Bonchev–Trinajstić information content (AvgIpc) is 2.64. The summed E-state index contributed by atoms with van der Waals surface area (Å²) >= 11 is 5.74. The van der Waals surface area contributed by atoms with Crippen LogP contribution >= 0.6 is 11.6 Å². The number of aromatic carboxylic acids is 1. The van der Waals surface area contributed by atoms with Crippen LogP contribution in [-0.2, 0) is 0 Å². The van der Waals surface area contributed by atoms with Gasteiger partial charge in [0, 0.05) is 13.1 Å². The molecule has 1 aromatic heterocycles. The Morgan fingerprint density at radius 3 is 2.88 bits per heavy atom. The smallest absolute Gasteiger partial charge is 0.339 e. The second kappa shape index (κ2) is 4.27. The third-order valence-corrected chi connectivity index (χ3v) is 2.74. The second-order valence-corrected chi connectivity index (χ2v) is 4.09. The number of carboxylic acid groups (broad SMARTS) is 1. The van der Waals surface area contributed by atoms with Gasteiger partial charge in [0.25, 0.3) is 0 Å². The quantitative estimate of drug-likeness (QED) is 0.757. The molecule has 86 valence electrons. The van der Waals surface area contributed by atoms with Gasteiger partial charge < -0.3 is 15.1 Å². The molecule has 1 aliphatic rings. The van der Waals surface area contributed by atoms with Crippen LogP contribution in [0.15, 0.2) is 12.1 Å². The Hall–Kier alpha value is -1.33. The van der Waals surface area contributed by atoms with Crippen molar-refractivity contribution in [1.29, 1.82) is 0 Å². The first-order valence-corrected chi connectivity index (χ1v) is 5.28. The largest absolute Gasteiger partial charge is 0.478 e. The van der Waals surface area contributed by atoms with E-state index in [4.69, 9.17) is 16.7 Å². The maximum absolute atomic E-state index is 11.0. The van der Waals surface area contributed by atoms with E-state index in [0.29, 0.717) is 25.3 Å². The van der Waals surface area contributed by atoms with Gasteiger partial charge in [-0.15, -0.1) is 0 Å². The van der Waals surface area contributed by atoms with Gasteiger partial charge in [-0.1, -0.05) is 11.6 Å². The molecule has 0 spiro atoms. The SMILES string of the molecule is O=C(O)c1ccc(Cl)nc1N1CCC(O)C1. The molecule has 1 saturated heterocycles. The number of pyridine rings is 1. The van der Waals surface area contributed by atoms with Crippen LogP contribution < -0.4 is 4.90 Å². The standard InChI is InChI=1S/C10H11ClN2O3/c11-8-2-1-7(10(15)16)9(12-8)13-4-3-6(14)5-13/h1-2,6,14H,3-5H2,(H,15,16). The highest BCUT2D eigenvalue weighted by atomic mass is 35.5. The van der Waals surface area contributed by atoms with Gasteiger partial charge in [0.2, 0.25) is 0 Å². The summed E-state index contributed by atoms with van der Waals surface area (Å²) in [6.07, 6.45) is 0.190. The zero-order chi connectivity index (χ0) is 11.7. The molecule has 0 amide bonds. The van der Waals surface area contributed by atoms with E-state index in [2.05, 4.69) is 4.98 Å². The van der Waals surface area contributed by atoms with Crippen LogP contribution in [-0.4, -0.2) is 40.4 Å². The minimum Gasteiger partial charge on any atom is -0.478 e. The van der Waals surface area contributed by atoms with E-state index < -0.39 is 12.1 Å². The Morgan fingerprint density at radius 1 is 1.56 bits per heavy atom. The molecule has 0 aliphatic carbocycles. The number of hydrogen-bond donors (Lipinski definition) is 2. The van der Waals surface area contributed by atoms with Crippen LogP contribution in [0.25, 0.3) is 0 Å². The first-order chi connectivity index (χ1) is 7.58. The summed E-state index contributed by atoms with van der Waals surface area (Å²) in [6.45, 7) is 0.989. The minimum absolute atomic E-state index is 0.110. The third-order valence-electron chi connectivity index (χ3n) is 2.53. The number of carboxylic acids is 1. The summed E-state index contributed by atoms with van der Waals surface area (Å²) in [6, 6.07) is 2.87. The molecule has 5 nitrogen and oxygen atoms in total. The van der Waals surface area contributed by atoms with Crippen LogP contribution in [0.5, 0.6) is 0 Å². The van der Waals surface area contributed by atoms with Crippen molar-refractivity contribution in [2.75, 3.05) is 18.0 Å². The highest BCUT2D eigenvalue weighted by Gasteiger charge is 2.25. The van der Waals surface area contributed by atoms with Crippen molar-refractivity contribution in [3.8, 4) is 0 Å². The molecule has 1 fully saturated rings. The maximum atomic E-state index is 11.0. The lowest BCUT2D eigenvalue weighted by Gasteiger charge is -2.18. The monoisotopic (exact) mass is 242 g/mol. The molecule has 1 aliphatic heterocycles. The van der Waals surface area contributed by atoms with Gasteiger partial charge in [-0.25, -0.2) is 9.78 Å². The lowest BCUT2D eigenvalue weighted by Crippen LogP contribution is -2.24. The van der Waals surface area contributed by atoms with E-state index in [1.54, 1.807) is 4.90 Å². The van der Waals surface area contributed by atoms with Crippen LogP contribution in [0.3, 0.4) is 0 Å². The first kappa shape index (κ1) is 11.2. The molecule has 2 heterocycles. The molecule has 16 heavy (non-hydrogen) atoms. The molecular weight excluding hydrogens is 232 g/mol. The number of nitrogens with zero attached hydrogens (tertiary/aromatic N) is 2. The van der Waals surface area contributed by atoms with Crippen molar-refractivity contribution in [1.82, 2.24) is 4.98 Å². The molecule has 0 radical (unpaired) electrons. The van der Waals surface area contributed by atoms with Crippen LogP contribution in [0.4, 0.5) is 5.82 Å². The predicted molar refractivity (Wildman–Crippen MR) is 59.0 cm³/mol. The van der Waals surface area contributed by atoms with Gasteiger partial charge in [-0.3, -0.25) is 0 Å². The van der Waals surface area contributed by atoms with Crippen molar-refractivity contribution in [3.05, 3.63) is 22.8 Å².